The van der Waals surface area contributed by atoms with Crippen LogP contribution in [-0.4, -0.2) is 11.7 Å². The molecule has 0 aliphatic carbocycles. The largest absolute Gasteiger partial charge is 0.304 e. The molecule has 3 aromatic carbocycles. The number of fused-ring (bicyclic) bond motifs is 1. The fraction of sp³-hybridized carbons (Fsp3) is 0.310. The average molecular weight is 426 g/mol. The van der Waals surface area contributed by atoms with Gasteiger partial charge in [-0.15, -0.1) is 0 Å². The lowest BCUT2D eigenvalue weighted by atomic mass is 9.84. The Balaban J connectivity index is 1.58. The van der Waals surface area contributed by atoms with Crippen LogP contribution in [0, 0.1) is 12.3 Å². The Labute approximate surface area is 191 Å². The number of benzene rings is 3. The van der Waals surface area contributed by atoms with Gasteiger partial charge in [-0.3, -0.25) is 9.59 Å². The zero-order chi connectivity index (χ0) is 23.0. The quantitative estimate of drug-likeness (QED) is 0.444. The summed E-state index contributed by atoms with van der Waals surface area (Å²) >= 11 is 0. The number of nitrogens with zero attached hydrogens (tertiary/aromatic N) is 1. The van der Waals surface area contributed by atoms with Crippen LogP contribution in [-0.2, 0) is 11.3 Å². The highest BCUT2D eigenvalue weighted by molar-refractivity contribution is 6.14. The maximum atomic E-state index is 13.4. The van der Waals surface area contributed by atoms with E-state index in [0.29, 0.717) is 13.0 Å². The van der Waals surface area contributed by atoms with E-state index in [0.717, 1.165) is 33.5 Å². The summed E-state index contributed by atoms with van der Waals surface area (Å²) in [6.45, 7) is 10.8. The lowest BCUT2D eigenvalue weighted by Crippen LogP contribution is -2.23. The Morgan fingerprint density at radius 3 is 2.25 bits per heavy atom. The van der Waals surface area contributed by atoms with Crippen molar-refractivity contribution < 1.29 is 9.59 Å². The van der Waals surface area contributed by atoms with Gasteiger partial charge in [-0.25, -0.2) is 0 Å². The third kappa shape index (κ3) is 4.38. The van der Waals surface area contributed by atoms with Gasteiger partial charge in [0.15, 0.2) is 0 Å². The van der Waals surface area contributed by atoms with Crippen molar-refractivity contribution in [1.82, 2.24) is 0 Å². The minimum Gasteiger partial charge on any atom is -0.304 e. The van der Waals surface area contributed by atoms with Gasteiger partial charge in [-0.2, -0.15) is 0 Å². The predicted molar refractivity (Wildman–Crippen MR) is 131 cm³/mol. The smallest absolute Gasteiger partial charge is 0.259 e. The lowest BCUT2D eigenvalue weighted by Gasteiger charge is -2.21. The van der Waals surface area contributed by atoms with Crippen molar-refractivity contribution in [2.24, 2.45) is 5.41 Å². The number of rotatable bonds is 5. The molecule has 0 saturated heterocycles. The average Bonchev–Trinajstić information content (AvgIpc) is 3.09. The van der Waals surface area contributed by atoms with Crippen LogP contribution in [0.25, 0.3) is 11.1 Å². The fourth-order valence-electron chi connectivity index (χ4n) is 4.35. The van der Waals surface area contributed by atoms with Crippen molar-refractivity contribution in [3.8, 4) is 11.1 Å². The molecule has 1 unspecified atom stereocenters. The van der Waals surface area contributed by atoms with E-state index in [4.69, 9.17) is 0 Å². The SMILES string of the molecule is Cc1ccc(-c2cccc3c2C(=O)N(c2ccc(C(C)C(=O)CC(C)(C)C)cc2)C3)cc1. The molecule has 0 spiro atoms. The van der Waals surface area contributed by atoms with Crippen LogP contribution in [0.2, 0.25) is 0 Å². The van der Waals surface area contributed by atoms with E-state index in [-0.39, 0.29) is 23.0 Å². The number of carbonyl (C=O) groups excluding carboxylic acids is 2. The molecule has 164 valence electrons. The number of ketones is 1. The summed E-state index contributed by atoms with van der Waals surface area (Å²) in [5.74, 6) is 0.126. The lowest BCUT2D eigenvalue weighted by molar-refractivity contribution is -0.121. The second-order valence-corrected chi connectivity index (χ2v) is 10.1. The second kappa shape index (κ2) is 8.38. The van der Waals surface area contributed by atoms with Gasteiger partial charge >= 0.3 is 0 Å². The number of hydrogen-bond acceptors (Lipinski definition) is 2. The molecule has 0 aromatic heterocycles. The van der Waals surface area contributed by atoms with Crippen LogP contribution in [0.5, 0.6) is 0 Å². The van der Waals surface area contributed by atoms with Gasteiger partial charge in [-0.1, -0.05) is 87.9 Å². The number of carbonyl (C=O) groups is 2. The van der Waals surface area contributed by atoms with E-state index in [2.05, 4.69) is 52.0 Å². The maximum absolute atomic E-state index is 13.4. The summed E-state index contributed by atoms with van der Waals surface area (Å²) in [5.41, 5.74) is 6.91. The topological polar surface area (TPSA) is 37.4 Å². The number of aryl methyl sites for hydroxylation is 1. The van der Waals surface area contributed by atoms with E-state index in [1.165, 1.54) is 5.56 Å². The molecule has 1 amide bonds. The first-order valence-corrected chi connectivity index (χ1v) is 11.3. The number of amides is 1. The van der Waals surface area contributed by atoms with Gasteiger partial charge in [0.2, 0.25) is 0 Å². The first-order valence-electron chi connectivity index (χ1n) is 11.3. The molecule has 4 rings (SSSR count). The fourth-order valence-corrected chi connectivity index (χ4v) is 4.35. The van der Waals surface area contributed by atoms with Gasteiger partial charge in [0.1, 0.15) is 5.78 Å². The molecule has 1 heterocycles. The monoisotopic (exact) mass is 425 g/mol. The third-order valence-corrected chi connectivity index (χ3v) is 6.19. The van der Waals surface area contributed by atoms with E-state index in [9.17, 15) is 9.59 Å². The van der Waals surface area contributed by atoms with Crippen molar-refractivity contribution >= 4 is 17.4 Å². The molecule has 1 aliphatic rings. The first-order chi connectivity index (χ1) is 15.1. The summed E-state index contributed by atoms with van der Waals surface area (Å²) in [6.07, 6.45) is 0.553. The molecule has 0 saturated carbocycles. The molecule has 1 atom stereocenters. The molecule has 3 aromatic rings. The van der Waals surface area contributed by atoms with Crippen molar-refractivity contribution in [3.05, 3.63) is 89.0 Å². The van der Waals surface area contributed by atoms with Crippen molar-refractivity contribution in [1.29, 1.82) is 0 Å². The molecule has 3 heteroatoms. The van der Waals surface area contributed by atoms with Crippen LogP contribution in [0.1, 0.15) is 67.1 Å². The Kier molecular flexibility index (Phi) is 5.77. The van der Waals surface area contributed by atoms with Crippen molar-refractivity contribution in [2.75, 3.05) is 4.90 Å². The summed E-state index contributed by atoms with van der Waals surface area (Å²) in [7, 11) is 0. The number of anilines is 1. The third-order valence-electron chi connectivity index (χ3n) is 6.19. The molecule has 0 fully saturated rings. The van der Waals surface area contributed by atoms with Gasteiger partial charge in [0.25, 0.3) is 5.91 Å². The highest BCUT2D eigenvalue weighted by Gasteiger charge is 2.31. The Hall–Kier alpha value is -3.20. The van der Waals surface area contributed by atoms with Crippen LogP contribution in [0.3, 0.4) is 0 Å². The van der Waals surface area contributed by atoms with Gasteiger partial charge in [0.05, 0.1) is 12.1 Å². The van der Waals surface area contributed by atoms with E-state index >= 15 is 0 Å². The van der Waals surface area contributed by atoms with E-state index in [1.807, 2.05) is 54.3 Å². The molecular weight excluding hydrogens is 394 g/mol. The molecule has 0 radical (unpaired) electrons. The zero-order valence-electron chi connectivity index (χ0n) is 19.6. The standard InChI is InChI=1S/C29H31NO2/c1-19-9-11-22(12-10-19)25-8-6-7-23-18-30(28(32)27(23)25)24-15-13-21(14-16-24)20(2)26(31)17-29(3,4)5/h6-16,20H,17-18H2,1-5H3. The van der Waals surface area contributed by atoms with Crippen LogP contribution < -0.4 is 4.90 Å². The molecule has 0 N–H and O–H groups in total. The van der Waals surface area contributed by atoms with Gasteiger partial charge in [-0.05, 0) is 46.7 Å². The Morgan fingerprint density at radius 1 is 0.969 bits per heavy atom. The zero-order valence-corrected chi connectivity index (χ0v) is 19.6. The molecule has 0 bridgehead atoms. The number of Topliss-reactive ketones (excluding diaryl/α,β-unsaturated/α-hetero) is 1. The normalized spacial score (nSPS) is 14.4. The summed E-state index contributed by atoms with van der Waals surface area (Å²) < 4.78 is 0. The van der Waals surface area contributed by atoms with Crippen LogP contribution in [0.4, 0.5) is 5.69 Å². The minimum atomic E-state index is -0.150. The first kappa shape index (κ1) is 22.0. The highest BCUT2D eigenvalue weighted by Crippen LogP contribution is 2.36. The molecular formula is C29H31NO2. The van der Waals surface area contributed by atoms with Crippen molar-refractivity contribution in [3.63, 3.8) is 0 Å². The van der Waals surface area contributed by atoms with Gasteiger partial charge < -0.3 is 4.90 Å². The van der Waals surface area contributed by atoms with Gasteiger partial charge in [0, 0.05) is 18.0 Å². The second-order valence-electron chi connectivity index (χ2n) is 10.1. The Bertz CT molecular complexity index is 1150. The number of hydrogen-bond donors (Lipinski definition) is 0. The molecule has 3 nitrogen and oxygen atoms in total. The Morgan fingerprint density at radius 2 is 1.62 bits per heavy atom. The van der Waals surface area contributed by atoms with Crippen molar-refractivity contribution in [2.45, 2.75) is 53.5 Å². The van der Waals surface area contributed by atoms with Crippen LogP contribution in [0.15, 0.2) is 66.7 Å². The van der Waals surface area contributed by atoms with E-state index < -0.39 is 0 Å². The summed E-state index contributed by atoms with van der Waals surface area (Å²) in [6, 6.07) is 22.3. The van der Waals surface area contributed by atoms with E-state index in [1.54, 1.807) is 0 Å². The summed E-state index contributed by atoms with van der Waals surface area (Å²) in [4.78, 5) is 27.9. The predicted octanol–water partition coefficient (Wildman–Crippen LogP) is 6.93. The molecule has 1 aliphatic heterocycles. The maximum Gasteiger partial charge on any atom is 0.259 e. The minimum absolute atomic E-state index is 0.0197. The molecule has 32 heavy (non-hydrogen) atoms. The van der Waals surface area contributed by atoms with Crippen LogP contribution >= 0.6 is 0 Å². The highest BCUT2D eigenvalue weighted by atomic mass is 16.2. The summed E-state index contributed by atoms with van der Waals surface area (Å²) in [5, 5.41) is 0.